The van der Waals surface area contributed by atoms with E-state index in [1.807, 2.05) is 60.7 Å². The molecule has 3 aromatic carbocycles. The van der Waals surface area contributed by atoms with Crippen molar-refractivity contribution in [3.63, 3.8) is 0 Å². The number of carbonyl (C=O) groups is 1. The van der Waals surface area contributed by atoms with Crippen LogP contribution in [0.3, 0.4) is 0 Å². The van der Waals surface area contributed by atoms with Gasteiger partial charge in [-0.15, -0.1) is 0 Å². The predicted molar refractivity (Wildman–Crippen MR) is 160 cm³/mol. The van der Waals surface area contributed by atoms with Crippen LogP contribution in [0.25, 0.3) is 16.5 Å². The second kappa shape index (κ2) is 10.7. The Balaban J connectivity index is 1.29. The van der Waals surface area contributed by atoms with Crippen molar-refractivity contribution >= 4 is 39.7 Å². The molecular weight excluding hydrogens is 502 g/mol. The van der Waals surface area contributed by atoms with Crippen LogP contribution >= 0.6 is 12.2 Å². The molecule has 1 amide bonds. The topological polar surface area (TPSA) is 62.2 Å². The van der Waals surface area contributed by atoms with E-state index in [1.54, 1.807) is 6.20 Å². The van der Waals surface area contributed by atoms with Gasteiger partial charge in [-0.2, -0.15) is 0 Å². The van der Waals surface area contributed by atoms with Crippen LogP contribution in [-0.4, -0.2) is 32.0 Å². The van der Waals surface area contributed by atoms with Gasteiger partial charge < -0.3 is 20.1 Å². The summed E-state index contributed by atoms with van der Waals surface area (Å²) in [7, 11) is 0. The number of amides is 1. The van der Waals surface area contributed by atoms with Crippen LogP contribution < -0.4 is 10.6 Å². The molecule has 0 bridgehead atoms. The number of hydrogen-bond acceptors (Lipinski definition) is 3. The van der Waals surface area contributed by atoms with Gasteiger partial charge in [0.15, 0.2) is 5.11 Å². The summed E-state index contributed by atoms with van der Waals surface area (Å²) in [5.74, 6) is -0.0527. The summed E-state index contributed by atoms with van der Waals surface area (Å²) in [5, 5.41) is 9.34. The fourth-order valence-electron chi connectivity index (χ4n) is 5.31. The zero-order valence-electron chi connectivity index (χ0n) is 21.6. The van der Waals surface area contributed by atoms with Gasteiger partial charge in [0.25, 0.3) is 0 Å². The molecule has 0 unspecified atom stereocenters. The van der Waals surface area contributed by atoms with Gasteiger partial charge in [0.2, 0.25) is 5.91 Å². The number of nitrogens with zero attached hydrogens (tertiary/aromatic N) is 3. The summed E-state index contributed by atoms with van der Waals surface area (Å²) < 4.78 is 2.19. The summed E-state index contributed by atoms with van der Waals surface area (Å²) in [5.41, 5.74) is 5.09. The average molecular weight is 532 g/mol. The van der Waals surface area contributed by atoms with Gasteiger partial charge in [-0.05, 0) is 67.0 Å². The zero-order valence-corrected chi connectivity index (χ0v) is 22.4. The van der Waals surface area contributed by atoms with Crippen LogP contribution in [0.4, 0.5) is 5.69 Å². The Kier molecular flexibility index (Phi) is 6.82. The Labute approximate surface area is 233 Å². The minimum absolute atomic E-state index is 0.0527. The Hall–Kier alpha value is -4.49. The van der Waals surface area contributed by atoms with Crippen LogP contribution in [0.2, 0.25) is 0 Å². The molecule has 7 heteroatoms. The van der Waals surface area contributed by atoms with E-state index in [0.717, 1.165) is 33.5 Å². The maximum atomic E-state index is 13.2. The zero-order chi connectivity index (χ0) is 26.8. The second-order valence-corrected chi connectivity index (χ2v) is 10.2. The number of rotatable bonds is 7. The number of fused-ring (bicyclic) bond motifs is 1. The van der Waals surface area contributed by atoms with Crippen molar-refractivity contribution in [2.24, 2.45) is 0 Å². The van der Waals surface area contributed by atoms with E-state index in [-0.39, 0.29) is 18.0 Å². The summed E-state index contributed by atoms with van der Waals surface area (Å²) in [6.45, 7) is 2.55. The number of aromatic nitrogens is 2. The molecule has 1 fully saturated rings. The molecule has 1 aliphatic heterocycles. The van der Waals surface area contributed by atoms with Crippen molar-refractivity contribution in [2.45, 2.75) is 25.4 Å². The Morgan fingerprint density at radius 3 is 2.56 bits per heavy atom. The molecule has 0 spiro atoms. The largest absolute Gasteiger partial charge is 0.352 e. The summed E-state index contributed by atoms with van der Waals surface area (Å²) in [6, 6.07) is 32.3. The number of benzene rings is 3. The van der Waals surface area contributed by atoms with Crippen LogP contribution in [0.5, 0.6) is 0 Å². The lowest BCUT2D eigenvalue weighted by molar-refractivity contribution is -0.116. The van der Waals surface area contributed by atoms with Gasteiger partial charge in [0.05, 0.1) is 17.8 Å². The second-order valence-electron chi connectivity index (χ2n) is 9.78. The molecule has 6 nitrogen and oxygen atoms in total. The van der Waals surface area contributed by atoms with Crippen molar-refractivity contribution in [3.05, 3.63) is 126 Å². The van der Waals surface area contributed by atoms with Crippen molar-refractivity contribution in [3.8, 4) is 5.69 Å². The smallest absolute Gasteiger partial charge is 0.226 e. The molecule has 5 aromatic rings. The highest BCUT2D eigenvalue weighted by Gasteiger charge is 2.41. The third-order valence-electron chi connectivity index (χ3n) is 7.24. The lowest BCUT2D eigenvalue weighted by atomic mass is 10.0. The van der Waals surface area contributed by atoms with E-state index >= 15 is 0 Å². The van der Waals surface area contributed by atoms with Gasteiger partial charge in [0, 0.05) is 47.8 Å². The maximum absolute atomic E-state index is 13.2. The van der Waals surface area contributed by atoms with E-state index in [9.17, 15) is 4.79 Å². The maximum Gasteiger partial charge on any atom is 0.226 e. The first-order valence-electron chi connectivity index (χ1n) is 13.1. The van der Waals surface area contributed by atoms with Crippen LogP contribution in [0.1, 0.15) is 35.5 Å². The molecule has 1 aliphatic rings. The number of aryl methyl sites for hydroxylation is 1. The molecule has 3 heterocycles. The highest BCUT2D eigenvalue weighted by Crippen LogP contribution is 2.39. The Morgan fingerprint density at radius 1 is 0.949 bits per heavy atom. The number of anilines is 1. The van der Waals surface area contributed by atoms with Crippen LogP contribution in [0.15, 0.2) is 109 Å². The molecule has 0 saturated carbocycles. The van der Waals surface area contributed by atoms with Crippen molar-refractivity contribution in [2.75, 3.05) is 11.9 Å². The lowest BCUT2D eigenvalue weighted by Crippen LogP contribution is -2.33. The molecule has 194 valence electrons. The monoisotopic (exact) mass is 531 g/mol. The number of hydrogen-bond donors (Lipinski definition) is 2. The Bertz CT molecular complexity index is 1620. The van der Waals surface area contributed by atoms with Gasteiger partial charge in [-0.3, -0.25) is 9.78 Å². The summed E-state index contributed by atoms with van der Waals surface area (Å²) in [4.78, 5) is 19.9. The van der Waals surface area contributed by atoms with Gasteiger partial charge >= 0.3 is 0 Å². The van der Waals surface area contributed by atoms with Crippen molar-refractivity contribution < 1.29 is 4.79 Å². The highest BCUT2D eigenvalue weighted by molar-refractivity contribution is 7.80. The molecule has 2 N–H and O–H groups in total. The minimum Gasteiger partial charge on any atom is -0.352 e. The molecule has 0 radical (unpaired) electrons. The third kappa shape index (κ3) is 5.01. The molecule has 39 heavy (non-hydrogen) atoms. The molecule has 0 aliphatic carbocycles. The Morgan fingerprint density at radius 2 is 1.74 bits per heavy atom. The molecule has 2 aromatic heterocycles. The summed E-state index contributed by atoms with van der Waals surface area (Å²) >= 11 is 5.84. The van der Waals surface area contributed by atoms with Gasteiger partial charge in [-0.1, -0.05) is 60.2 Å². The van der Waals surface area contributed by atoms with Crippen molar-refractivity contribution in [1.29, 1.82) is 0 Å². The fourth-order valence-corrected chi connectivity index (χ4v) is 5.64. The first-order chi connectivity index (χ1) is 19.1. The highest BCUT2D eigenvalue weighted by atomic mass is 32.1. The van der Waals surface area contributed by atoms with E-state index < -0.39 is 0 Å². The first kappa shape index (κ1) is 24.8. The standard InChI is InChI=1S/C32H29N5OS/c1-22-14-16-24(17-15-22)36-20-7-13-28(36)31-30(27-11-4-5-19-33-27)35-32(39)37(31)21-18-29(38)34-26-12-6-9-23-8-2-3-10-25(23)26/h2-17,19-20,30-31H,18,21H2,1H3,(H,34,38)(H,35,39)/t30-,31-/m0/s1. The van der Waals surface area contributed by atoms with Gasteiger partial charge in [-0.25, -0.2) is 0 Å². The quantitative estimate of drug-likeness (QED) is 0.240. The predicted octanol–water partition coefficient (Wildman–Crippen LogP) is 6.34. The number of pyridine rings is 1. The molecule has 6 rings (SSSR count). The molecular formula is C32H29N5OS. The van der Waals surface area contributed by atoms with E-state index in [1.165, 1.54) is 5.56 Å². The number of carbonyl (C=O) groups excluding carboxylic acids is 1. The van der Waals surface area contributed by atoms with Crippen molar-refractivity contribution in [1.82, 2.24) is 19.8 Å². The first-order valence-corrected chi connectivity index (χ1v) is 13.5. The SMILES string of the molecule is Cc1ccc(-n2cccc2[C@H]2[C@H](c3ccccn3)NC(=S)N2CCC(=O)Nc2cccc3ccccc23)cc1. The van der Waals surface area contributed by atoms with Gasteiger partial charge in [0.1, 0.15) is 0 Å². The van der Waals surface area contributed by atoms with E-state index in [0.29, 0.717) is 18.1 Å². The lowest BCUT2D eigenvalue weighted by Gasteiger charge is -2.29. The van der Waals surface area contributed by atoms with E-state index in [4.69, 9.17) is 12.2 Å². The van der Waals surface area contributed by atoms with Crippen LogP contribution in [-0.2, 0) is 4.79 Å². The van der Waals surface area contributed by atoms with Crippen LogP contribution in [0, 0.1) is 6.92 Å². The minimum atomic E-state index is -0.154. The summed E-state index contributed by atoms with van der Waals surface area (Å²) in [6.07, 6.45) is 4.17. The average Bonchev–Trinajstić information content (AvgIpc) is 3.57. The van der Waals surface area contributed by atoms with E-state index in [2.05, 4.69) is 74.6 Å². The number of thiocarbonyl (C=S) groups is 1. The number of nitrogens with one attached hydrogen (secondary N) is 2. The molecule has 2 atom stereocenters. The normalized spacial score (nSPS) is 16.8. The molecule has 1 saturated heterocycles. The fraction of sp³-hybridized carbons (Fsp3) is 0.156. The third-order valence-corrected chi connectivity index (χ3v) is 7.59.